The molecular formula is C16H17FN4S2. The van der Waals surface area contributed by atoms with Crippen molar-refractivity contribution in [3.05, 3.63) is 59.4 Å². The van der Waals surface area contributed by atoms with Gasteiger partial charge in [-0.3, -0.25) is 10.9 Å². The molecule has 0 radical (unpaired) electrons. The minimum absolute atomic E-state index is 0.279. The fourth-order valence-corrected chi connectivity index (χ4v) is 2.08. The number of hydrazine groups is 1. The first-order chi connectivity index (χ1) is 10.9. The highest BCUT2D eigenvalue weighted by Crippen LogP contribution is 2.13. The molecule has 0 amide bonds. The van der Waals surface area contributed by atoms with Crippen molar-refractivity contribution in [3.8, 4) is 0 Å². The number of hydrogen-bond donors (Lipinski definition) is 4. The molecule has 7 heteroatoms. The molecule has 2 aromatic rings. The lowest BCUT2D eigenvalue weighted by atomic mass is 10.2. The largest absolute Gasteiger partial charge is 0.331 e. The summed E-state index contributed by atoms with van der Waals surface area (Å²) in [5, 5.41) is 6.53. The Labute approximate surface area is 145 Å². The Hall–Kier alpha value is -2.25. The van der Waals surface area contributed by atoms with Gasteiger partial charge in [0.05, 0.1) is 0 Å². The predicted molar refractivity (Wildman–Crippen MR) is 101 cm³/mol. The maximum Gasteiger partial charge on any atom is 0.189 e. The minimum atomic E-state index is -0.290. The fraction of sp³-hybridized carbons (Fsp3) is 0.125. The highest BCUT2D eigenvalue weighted by atomic mass is 32.1. The van der Waals surface area contributed by atoms with Gasteiger partial charge in [-0.25, -0.2) is 4.39 Å². The van der Waals surface area contributed by atoms with E-state index < -0.39 is 0 Å². The van der Waals surface area contributed by atoms with E-state index in [1.54, 1.807) is 19.1 Å². The third-order valence-electron chi connectivity index (χ3n) is 3.03. The van der Waals surface area contributed by atoms with Crippen molar-refractivity contribution in [1.82, 2.24) is 10.9 Å². The van der Waals surface area contributed by atoms with Crippen molar-refractivity contribution < 1.29 is 4.39 Å². The highest BCUT2D eigenvalue weighted by Gasteiger charge is 2.02. The van der Waals surface area contributed by atoms with Crippen molar-refractivity contribution in [2.75, 3.05) is 10.6 Å². The first-order valence-electron chi connectivity index (χ1n) is 6.91. The second-order valence-electron chi connectivity index (χ2n) is 4.99. The molecule has 0 aliphatic heterocycles. The maximum atomic E-state index is 13.5. The summed E-state index contributed by atoms with van der Waals surface area (Å²) >= 11 is 10.3. The lowest BCUT2D eigenvalue weighted by Gasteiger charge is -2.14. The Bertz CT molecular complexity index is 717. The zero-order valence-electron chi connectivity index (χ0n) is 12.7. The average molecular weight is 348 g/mol. The minimum Gasteiger partial charge on any atom is -0.331 e. The van der Waals surface area contributed by atoms with E-state index in [2.05, 4.69) is 21.5 Å². The van der Waals surface area contributed by atoms with E-state index >= 15 is 0 Å². The molecule has 0 saturated carbocycles. The monoisotopic (exact) mass is 348 g/mol. The molecule has 0 fully saturated rings. The van der Waals surface area contributed by atoms with Crippen molar-refractivity contribution in [2.24, 2.45) is 0 Å². The van der Waals surface area contributed by atoms with Crippen molar-refractivity contribution >= 4 is 46.0 Å². The predicted octanol–water partition coefficient (Wildman–Crippen LogP) is 3.63. The van der Waals surface area contributed by atoms with Crippen LogP contribution in [0.5, 0.6) is 0 Å². The summed E-state index contributed by atoms with van der Waals surface area (Å²) in [6, 6.07) is 12.6. The molecular weight excluding hydrogens is 331 g/mol. The van der Waals surface area contributed by atoms with Gasteiger partial charge in [-0.2, -0.15) is 0 Å². The van der Waals surface area contributed by atoms with E-state index in [9.17, 15) is 4.39 Å². The fourth-order valence-electron chi connectivity index (χ4n) is 1.75. The summed E-state index contributed by atoms with van der Waals surface area (Å²) in [4.78, 5) is 0. The molecule has 2 aromatic carbocycles. The van der Waals surface area contributed by atoms with Gasteiger partial charge >= 0.3 is 0 Å². The van der Waals surface area contributed by atoms with Gasteiger partial charge in [0.25, 0.3) is 0 Å². The SMILES string of the molecule is Cc1ccc(NC(=S)NNC(=S)Nc2ccc(C)c(F)c2)cc1. The quantitative estimate of drug-likeness (QED) is 0.491. The Morgan fingerprint density at radius 3 is 1.91 bits per heavy atom. The summed E-state index contributed by atoms with van der Waals surface area (Å²) in [6.45, 7) is 3.71. The van der Waals surface area contributed by atoms with E-state index in [4.69, 9.17) is 24.4 Å². The van der Waals surface area contributed by atoms with Gasteiger partial charge in [-0.15, -0.1) is 0 Å². The molecule has 4 N–H and O–H groups in total. The van der Waals surface area contributed by atoms with E-state index in [-0.39, 0.29) is 10.9 Å². The molecule has 4 nitrogen and oxygen atoms in total. The van der Waals surface area contributed by atoms with E-state index in [1.165, 1.54) is 11.6 Å². The van der Waals surface area contributed by atoms with Gasteiger partial charge in [0.2, 0.25) is 0 Å². The number of aryl methyl sites for hydroxylation is 2. The Morgan fingerprint density at radius 1 is 0.826 bits per heavy atom. The lowest BCUT2D eigenvalue weighted by molar-refractivity contribution is 0.619. The van der Waals surface area contributed by atoms with Crippen molar-refractivity contribution in [2.45, 2.75) is 13.8 Å². The Balaban J connectivity index is 1.80. The van der Waals surface area contributed by atoms with Gasteiger partial charge in [0.15, 0.2) is 10.2 Å². The van der Waals surface area contributed by atoms with E-state index in [0.717, 1.165) is 5.69 Å². The first kappa shape index (κ1) is 17.1. The normalized spacial score (nSPS) is 9.87. The van der Waals surface area contributed by atoms with Gasteiger partial charge in [0.1, 0.15) is 5.82 Å². The van der Waals surface area contributed by atoms with E-state index in [1.807, 2.05) is 31.2 Å². The second kappa shape index (κ2) is 7.85. The standard InChI is InChI=1S/C16H17FN4S2/c1-10-3-6-12(7-4-10)18-15(22)20-21-16(23)19-13-8-5-11(2)14(17)9-13/h3-9H,1-2H3,(H2,18,20,22)(H2,19,21,23). The lowest BCUT2D eigenvalue weighted by Crippen LogP contribution is -2.45. The van der Waals surface area contributed by atoms with Gasteiger partial charge in [-0.05, 0) is 68.1 Å². The number of thiocarbonyl (C=S) groups is 2. The van der Waals surface area contributed by atoms with Gasteiger partial charge in [-0.1, -0.05) is 23.8 Å². The number of rotatable bonds is 2. The number of benzene rings is 2. The van der Waals surface area contributed by atoms with Crippen LogP contribution in [-0.4, -0.2) is 10.2 Å². The van der Waals surface area contributed by atoms with Crippen LogP contribution in [0.4, 0.5) is 15.8 Å². The molecule has 0 atom stereocenters. The molecule has 0 aliphatic rings. The Morgan fingerprint density at radius 2 is 1.35 bits per heavy atom. The van der Waals surface area contributed by atoms with Gasteiger partial charge in [0, 0.05) is 11.4 Å². The number of anilines is 2. The van der Waals surface area contributed by atoms with Crippen LogP contribution in [-0.2, 0) is 0 Å². The van der Waals surface area contributed by atoms with Gasteiger partial charge < -0.3 is 10.6 Å². The molecule has 23 heavy (non-hydrogen) atoms. The topological polar surface area (TPSA) is 48.1 Å². The van der Waals surface area contributed by atoms with Crippen molar-refractivity contribution in [1.29, 1.82) is 0 Å². The van der Waals surface area contributed by atoms with Crippen LogP contribution in [0.25, 0.3) is 0 Å². The van der Waals surface area contributed by atoms with Crippen LogP contribution in [0.15, 0.2) is 42.5 Å². The van der Waals surface area contributed by atoms with Crippen molar-refractivity contribution in [3.63, 3.8) is 0 Å². The summed E-state index contributed by atoms with van der Waals surface area (Å²) < 4.78 is 13.5. The van der Waals surface area contributed by atoms with Crippen LogP contribution in [0.2, 0.25) is 0 Å². The third kappa shape index (κ3) is 5.46. The Kier molecular flexibility index (Phi) is 5.84. The molecule has 2 rings (SSSR count). The summed E-state index contributed by atoms with van der Waals surface area (Å²) in [7, 11) is 0. The molecule has 0 saturated heterocycles. The van der Waals surface area contributed by atoms with Crippen LogP contribution in [0.1, 0.15) is 11.1 Å². The molecule has 120 valence electrons. The zero-order chi connectivity index (χ0) is 16.8. The average Bonchev–Trinajstić information content (AvgIpc) is 2.51. The zero-order valence-corrected chi connectivity index (χ0v) is 14.4. The number of hydrogen-bond acceptors (Lipinski definition) is 2. The number of nitrogens with one attached hydrogen (secondary N) is 4. The highest BCUT2D eigenvalue weighted by molar-refractivity contribution is 7.81. The smallest absolute Gasteiger partial charge is 0.189 e. The van der Waals surface area contributed by atoms with Crippen LogP contribution in [0.3, 0.4) is 0 Å². The molecule has 0 heterocycles. The van der Waals surface area contributed by atoms with Crippen LogP contribution >= 0.6 is 24.4 Å². The summed E-state index contributed by atoms with van der Waals surface area (Å²) in [5.74, 6) is -0.290. The van der Waals surface area contributed by atoms with Crippen LogP contribution < -0.4 is 21.5 Å². The summed E-state index contributed by atoms with van der Waals surface area (Å²) in [5.41, 5.74) is 8.68. The third-order valence-corrected chi connectivity index (χ3v) is 3.44. The first-order valence-corrected chi connectivity index (χ1v) is 7.72. The second-order valence-corrected chi connectivity index (χ2v) is 5.80. The van der Waals surface area contributed by atoms with E-state index in [0.29, 0.717) is 16.4 Å². The molecule has 0 spiro atoms. The van der Waals surface area contributed by atoms with Crippen LogP contribution in [0, 0.1) is 19.7 Å². The molecule has 0 bridgehead atoms. The number of halogens is 1. The molecule has 0 aliphatic carbocycles. The molecule has 0 aromatic heterocycles. The maximum absolute atomic E-state index is 13.5. The molecule has 0 unspecified atom stereocenters. The summed E-state index contributed by atoms with van der Waals surface area (Å²) in [6.07, 6.45) is 0.